The van der Waals surface area contributed by atoms with Gasteiger partial charge in [0.2, 0.25) is 0 Å². The standard InChI is InChI=1S/C15H23IN4O/c1-4-19(5-2)12-8-9-20(10-12)15(21)18-14-7-6-13(16)11(3)17-14/h6-7,12H,4-5,8-10H2,1-3H3,(H,17,18,21). The number of likely N-dealkylation sites (N-methyl/N-ethyl adjacent to an activating group) is 1. The molecule has 0 aliphatic carbocycles. The van der Waals surface area contributed by atoms with Crippen LogP contribution in [0.15, 0.2) is 12.1 Å². The molecule has 1 aromatic heterocycles. The van der Waals surface area contributed by atoms with E-state index in [1.54, 1.807) is 0 Å². The van der Waals surface area contributed by atoms with E-state index < -0.39 is 0 Å². The number of anilines is 1. The van der Waals surface area contributed by atoms with Gasteiger partial charge in [-0.2, -0.15) is 0 Å². The van der Waals surface area contributed by atoms with Gasteiger partial charge in [-0.3, -0.25) is 10.2 Å². The SMILES string of the molecule is CCN(CC)C1CCN(C(=O)Nc2ccc(I)c(C)n2)C1. The number of likely N-dealkylation sites (tertiary alicyclic amines) is 1. The van der Waals surface area contributed by atoms with Crippen molar-refractivity contribution in [3.63, 3.8) is 0 Å². The molecule has 1 fully saturated rings. The summed E-state index contributed by atoms with van der Waals surface area (Å²) in [5.74, 6) is 0.629. The van der Waals surface area contributed by atoms with Gasteiger partial charge in [0.15, 0.2) is 0 Å². The number of carbonyl (C=O) groups is 1. The summed E-state index contributed by atoms with van der Waals surface area (Å²) in [4.78, 5) is 21.0. The van der Waals surface area contributed by atoms with E-state index in [9.17, 15) is 4.79 Å². The van der Waals surface area contributed by atoms with Crippen LogP contribution in [0.4, 0.5) is 10.6 Å². The summed E-state index contributed by atoms with van der Waals surface area (Å²) in [6.07, 6.45) is 1.05. The first kappa shape index (κ1) is 16.5. The van der Waals surface area contributed by atoms with Crippen molar-refractivity contribution in [2.75, 3.05) is 31.5 Å². The topological polar surface area (TPSA) is 48.5 Å². The van der Waals surface area contributed by atoms with E-state index in [0.29, 0.717) is 11.9 Å². The molecule has 21 heavy (non-hydrogen) atoms. The first-order valence-corrected chi connectivity index (χ1v) is 8.56. The lowest BCUT2D eigenvalue weighted by Gasteiger charge is -2.26. The van der Waals surface area contributed by atoms with Crippen LogP contribution in [0, 0.1) is 10.5 Å². The Bertz CT molecular complexity index is 504. The summed E-state index contributed by atoms with van der Waals surface area (Å²) >= 11 is 2.24. The highest BCUT2D eigenvalue weighted by molar-refractivity contribution is 14.1. The number of urea groups is 1. The van der Waals surface area contributed by atoms with E-state index in [4.69, 9.17) is 0 Å². The fourth-order valence-electron chi connectivity index (χ4n) is 2.77. The Kier molecular flexibility index (Phi) is 5.80. The number of halogens is 1. The minimum Gasteiger partial charge on any atom is -0.323 e. The Morgan fingerprint density at radius 2 is 2.19 bits per heavy atom. The fourth-order valence-corrected chi connectivity index (χ4v) is 3.07. The van der Waals surface area contributed by atoms with E-state index >= 15 is 0 Å². The molecule has 116 valence electrons. The maximum atomic E-state index is 12.3. The Morgan fingerprint density at radius 3 is 2.81 bits per heavy atom. The molecule has 1 aromatic rings. The van der Waals surface area contributed by atoms with Gasteiger partial charge in [-0.1, -0.05) is 13.8 Å². The number of nitrogens with zero attached hydrogens (tertiary/aromatic N) is 3. The molecule has 1 atom stereocenters. The van der Waals surface area contributed by atoms with Crippen LogP contribution in [0.1, 0.15) is 26.0 Å². The van der Waals surface area contributed by atoms with Crippen LogP contribution >= 0.6 is 22.6 Å². The normalized spacial score (nSPS) is 18.3. The summed E-state index contributed by atoms with van der Waals surface area (Å²) in [7, 11) is 0. The van der Waals surface area contributed by atoms with Gasteiger partial charge in [-0.05, 0) is 61.2 Å². The molecule has 2 rings (SSSR count). The second kappa shape index (κ2) is 7.40. The zero-order valence-corrected chi connectivity index (χ0v) is 15.1. The fraction of sp³-hybridized carbons (Fsp3) is 0.600. The lowest BCUT2D eigenvalue weighted by atomic mass is 10.2. The van der Waals surface area contributed by atoms with Crippen molar-refractivity contribution in [1.29, 1.82) is 0 Å². The van der Waals surface area contributed by atoms with Crippen molar-refractivity contribution in [2.24, 2.45) is 0 Å². The van der Waals surface area contributed by atoms with Gasteiger partial charge in [-0.15, -0.1) is 0 Å². The summed E-state index contributed by atoms with van der Waals surface area (Å²) in [6.45, 7) is 9.98. The number of nitrogens with one attached hydrogen (secondary N) is 1. The third-order valence-electron chi connectivity index (χ3n) is 4.04. The smallest absolute Gasteiger partial charge is 0.323 e. The quantitative estimate of drug-likeness (QED) is 0.788. The van der Waals surface area contributed by atoms with Gasteiger partial charge < -0.3 is 4.90 Å². The van der Waals surface area contributed by atoms with E-state index in [1.807, 2.05) is 24.0 Å². The molecule has 1 unspecified atom stereocenters. The molecule has 0 saturated carbocycles. The van der Waals surface area contributed by atoms with Crippen LogP contribution in [-0.4, -0.2) is 53.0 Å². The van der Waals surface area contributed by atoms with E-state index in [0.717, 1.165) is 41.9 Å². The number of aromatic nitrogens is 1. The average Bonchev–Trinajstić information content (AvgIpc) is 2.94. The predicted molar refractivity (Wildman–Crippen MR) is 93.6 cm³/mol. The number of pyridine rings is 1. The second-order valence-electron chi connectivity index (χ2n) is 5.30. The molecule has 1 aliphatic heterocycles. The second-order valence-corrected chi connectivity index (χ2v) is 6.47. The number of amides is 2. The molecule has 0 aromatic carbocycles. The van der Waals surface area contributed by atoms with Crippen molar-refractivity contribution < 1.29 is 4.79 Å². The summed E-state index contributed by atoms with van der Waals surface area (Å²) in [5, 5.41) is 2.90. The molecule has 5 nitrogen and oxygen atoms in total. The summed E-state index contributed by atoms with van der Waals surface area (Å²) < 4.78 is 1.10. The molecule has 2 amide bonds. The molecule has 6 heteroatoms. The van der Waals surface area contributed by atoms with E-state index in [2.05, 4.69) is 51.6 Å². The van der Waals surface area contributed by atoms with Gasteiger partial charge in [-0.25, -0.2) is 9.78 Å². The highest BCUT2D eigenvalue weighted by Crippen LogP contribution is 2.17. The number of carbonyl (C=O) groups excluding carboxylic acids is 1. The first-order chi connectivity index (χ1) is 10.0. The zero-order chi connectivity index (χ0) is 15.4. The van der Waals surface area contributed by atoms with Gasteiger partial charge in [0.05, 0.1) is 5.69 Å². The number of rotatable bonds is 4. The van der Waals surface area contributed by atoms with Crippen LogP contribution in [0.3, 0.4) is 0 Å². The van der Waals surface area contributed by atoms with Gasteiger partial charge >= 0.3 is 6.03 Å². The maximum absolute atomic E-state index is 12.3. The number of aryl methyl sites for hydroxylation is 1. The molecule has 0 bridgehead atoms. The first-order valence-electron chi connectivity index (χ1n) is 7.48. The van der Waals surface area contributed by atoms with Crippen molar-refractivity contribution in [2.45, 2.75) is 33.2 Å². The van der Waals surface area contributed by atoms with E-state index in [-0.39, 0.29) is 6.03 Å². The van der Waals surface area contributed by atoms with Crippen molar-refractivity contribution in [1.82, 2.24) is 14.8 Å². The van der Waals surface area contributed by atoms with Crippen molar-refractivity contribution in [3.05, 3.63) is 21.4 Å². The van der Waals surface area contributed by atoms with Crippen molar-refractivity contribution >= 4 is 34.4 Å². The third kappa shape index (κ3) is 4.06. The molecule has 2 heterocycles. The van der Waals surface area contributed by atoms with Crippen LogP contribution < -0.4 is 5.32 Å². The maximum Gasteiger partial charge on any atom is 0.323 e. The van der Waals surface area contributed by atoms with Crippen LogP contribution in [-0.2, 0) is 0 Å². The monoisotopic (exact) mass is 402 g/mol. The minimum atomic E-state index is -0.0437. The summed E-state index contributed by atoms with van der Waals surface area (Å²) in [5.41, 5.74) is 0.941. The highest BCUT2D eigenvalue weighted by atomic mass is 127. The van der Waals surface area contributed by atoms with E-state index in [1.165, 1.54) is 0 Å². The molecule has 0 spiro atoms. The molecular weight excluding hydrogens is 379 g/mol. The van der Waals surface area contributed by atoms with Gasteiger partial charge in [0.1, 0.15) is 5.82 Å². The predicted octanol–water partition coefficient (Wildman–Crippen LogP) is 2.94. The largest absolute Gasteiger partial charge is 0.323 e. The number of hydrogen-bond donors (Lipinski definition) is 1. The third-order valence-corrected chi connectivity index (χ3v) is 5.18. The Morgan fingerprint density at radius 1 is 1.48 bits per heavy atom. The van der Waals surface area contributed by atoms with Crippen molar-refractivity contribution in [3.8, 4) is 0 Å². The molecule has 1 aliphatic rings. The molecule has 1 N–H and O–H groups in total. The Hall–Kier alpha value is -0.890. The molecular formula is C15H23IN4O. The Labute approximate surface area is 140 Å². The van der Waals surface area contributed by atoms with Gasteiger partial charge in [0.25, 0.3) is 0 Å². The van der Waals surface area contributed by atoms with Crippen LogP contribution in [0.25, 0.3) is 0 Å². The van der Waals surface area contributed by atoms with Gasteiger partial charge in [0, 0.05) is 22.7 Å². The number of hydrogen-bond acceptors (Lipinski definition) is 3. The Balaban J connectivity index is 1.94. The minimum absolute atomic E-state index is 0.0437. The lowest BCUT2D eigenvalue weighted by Crippen LogP contribution is -2.39. The average molecular weight is 402 g/mol. The molecule has 0 radical (unpaired) electrons. The zero-order valence-electron chi connectivity index (χ0n) is 12.9. The lowest BCUT2D eigenvalue weighted by molar-refractivity contribution is 0.202. The summed E-state index contributed by atoms with van der Waals surface area (Å²) in [6, 6.07) is 4.26. The molecule has 1 saturated heterocycles. The van der Waals surface area contributed by atoms with Crippen LogP contribution in [0.2, 0.25) is 0 Å². The van der Waals surface area contributed by atoms with Crippen LogP contribution in [0.5, 0.6) is 0 Å². The highest BCUT2D eigenvalue weighted by Gasteiger charge is 2.29.